The van der Waals surface area contributed by atoms with Crippen LogP contribution in [0.25, 0.3) is 189 Å². The Labute approximate surface area is 573 Å². The first-order valence-electron chi connectivity index (χ1n) is 33.4. The molecule has 20 aromatic rings. The summed E-state index contributed by atoms with van der Waals surface area (Å²) >= 11 is 0. The molecule has 20 rings (SSSR count). The molecule has 10 heteroatoms. The van der Waals surface area contributed by atoms with Gasteiger partial charge in [0.25, 0.3) is 0 Å². The van der Waals surface area contributed by atoms with Gasteiger partial charge in [-0.3, -0.25) is 0 Å². The summed E-state index contributed by atoms with van der Waals surface area (Å²) in [4.78, 5) is 29.7. The van der Waals surface area contributed by atoms with Crippen LogP contribution in [0.15, 0.2) is 349 Å². The van der Waals surface area contributed by atoms with Crippen LogP contribution >= 0.6 is 0 Å². The van der Waals surface area contributed by atoms with Crippen molar-refractivity contribution < 1.29 is 8.83 Å². The number of benzene rings is 14. The molecule has 0 aliphatic heterocycles. The molecule has 0 saturated heterocycles. The summed E-state index contributed by atoms with van der Waals surface area (Å²) in [6.45, 7) is 0. The molecule has 0 atom stereocenters. The van der Waals surface area contributed by atoms with E-state index in [1.807, 2.05) is 146 Å². The summed E-state index contributed by atoms with van der Waals surface area (Å²) in [5.74, 6) is 3.83. The minimum absolute atomic E-state index is 0.626. The summed E-state index contributed by atoms with van der Waals surface area (Å²) in [7, 11) is 0. The molecule has 100 heavy (non-hydrogen) atoms. The van der Waals surface area contributed by atoms with Crippen molar-refractivity contribution in [3.05, 3.63) is 340 Å². The van der Waals surface area contributed by atoms with Crippen LogP contribution < -0.4 is 0 Å². The minimum Gasteiger partial charge on any atom is -0.456 e. The van der Waals surface area contributed by atoms with Gasteiger partial charge in [-0.25, -0.2) is 29.9 Å². The van der Waals surface area contributed by atoms with Gasteiger partial charge in [-0.1, -0.05) is 261 Å². The number of furan rings is 2. The van der Waals surface area contributed by atoms with E-state index in [-0.39, 0.29) is 0 Å². The fraction of sp³-hybridized carbons (Fsp3) is 0. The highest BCUT2D eigenvalue weighted by Gasteiger charge is 2.22. The smallest absolute Gasteiger partial charge is 0.164 e. The largest absolute Gasteiger partial charge is 0.456 e. The Morgan fingerprint density at radius 2 is 0.530 bits per heavy atom. The zero-order valence-electron chi connectivity index (χ0n) is 53.7. The molecule has 0 bridgehead atoms. The van der Waals surface area contributed by atoms with Crippen molar-refractivity contribution in [3.63, 3.8) is 0 Å². The summed E-state index contributed by atoms with van der Waals surface area (Å²) in [6, 6.07) is 117. The third-order valence-corrected chi connectivity index (χ3v) is 18.9. The Balaban J connectivity index is 0.000000139. The van der Waals surface area contributed by atoms with E-state index in [0.29, 0.717) is 34.9 Å². The molecule has 468 valence electrons. The van der Waals surface area contributed by atoms with Crippen molar-refractivity contribution >= 4 is 87.5 Å². The van der Waals surface area contributed by atoms with Gasteiger partial charge in [0.05, 0.1) is 27.8 Å². The van der Waals surface area contributed by atoms with E-state index in [9.17, 15) is 0 Å². The lowest BCUT2D eigenvalue weighted by Crippen LogP contribution is -2.00. The highest BCUT2D eigenvalue weighted by atomic mass is 16.3. The van der Waals surface area contributed by atoms with Crippen LogP contribution in [0, 0.1) is 0 Å². The van der Waals surface area contributed by atoms with Gasteiger partial charge in [-0.2, -0.15) is 0 Å². The Kier molecular flexibility index (Phi) is 14.0. The quantitative estimate of drug-likeness (QED) is 0.133. The topological polar surface area (TPSA) is 113 Å². The van der Waals surface area contributed by atoms with Crippen LogP contribution in [0.5, 0.6) is 0 Å². The number of rotatable bonds is 10. The van der Waals surface area contributed by atoms with Crippen molar-refractivity contribution in [3.8, 4) is 102 Å². The molecule has 0 saturated carbocycles. The van der Waals surface area contributed by atoms with Gasteiger partial charge in [0.2, 0.25) is 0 Å². The van der Waals surface area contributed by atoms with Gasteiger partial charge in [-0.15, -0.1) is 0 Å². The number of hydrogen-bond acceptors (Lipinski definition) is 8. The molecule has 14 aromatic carbocycles. The molecule has 0 fully saturated rings. The predicted molar refractivity (Wildman–Crippen MR) is 406 cm³/mol. The zero-order valence-corrected chi connectivity index (χ0v) is 53.7. The van der Waals surface area contributed by atoms with E-state index in [1.54, 1.807) is 0 Å². The van der Waals surface area contributed by atoms with Crippen LogP contribution in [-0.2, 0) is 0 Å². The lowest BCUT2D eigenvalue weighted by molar-refractivity contribution is 0.669. The van der Waals surface area contributed by atoms with E-state index in [1.165, 1.54) is 21.5 Å². The fourth-order valence-electron chi connectivity index (χ4n) is 14.2. The average molecular weight is 1280 g/mol. The van der Waals surface area contributed by atoms with Gasteiger partial charge in [-0.05, 0) is 83.4 Å². The van der Waals surface area contributed by atoms with Gasteiger partial charge in [0.1, 0.15) is 22.3 Å². The zero-order chi connectivity index (χ0) is 66.0. The molecule has 0 amide bonds. The molecule has 6 aromatic heterocycles. The molecule has 0 spiro atoms. The Morgan fingerprint density at radius 1 is 0.190 bits per heavy atom. The molecule has 0 unspecified atom stereocenters. The number of hydrogen-bond donors (Lipinski definition) is 0. The summed E-state index contributed by atoms with van der Waals surface area (Å²) < 4.78 is 17.4. The van der Waals surface area contributed by atoms with E-state index in [0.717, 1.165) is 133 Å². The molecule has 6 heterocycles. The Hall–Kier alpha value is -13.7. The standard InChI is InChI=1S/2C45H28N4O/c1-3-14-29(15-4-1)43-46-44(30-16-5-2-6-17-30)48-45(47-43)32-19-13-18-31(26-32)33-20-7-10-23-38(33)49-39-24-11-8-21-34(39)36-27-37-35-22-9-12-25-41(35)50-42(37)28-40(36)49;1-3-13-29(14-4-1)43-46-44(30-15-5-2-6-16-30)48-45(47-43)33-19-11-17-31(25-33)32-18-12-20-34(26-32)49-39-23-9-7-21-35(39)37-27-38-36-22-8-10-24-41(36)50-42(38)28-40(37)49/h2*1-28H. The molecular weight excluding hydrogens is 1230 g/mol. The minimum atomic E-state index is 0.626. The van der Waals surface area contributed by atoms with Crippen LogP contribution in [-0.4, -0.2) is 39.0 Å². The van der Waals surface area contributed by atoms with E-state index in [2.05, 4.69) is 203 Å². The van der Waals surface area contributed by atoms with Gasteiger partial charge in [0.15, 0.2) is 34.9 Å². The second kappa shape index (κ2) is 24.2. The fourth-order valence-corrected chi connectivity index (χ4v) is 14.2. The summed E-state index contributed by atoms with van der Waals surface area (Å²) in [5, 5.41) is 9.31. The molecule has 0 N–H and O–H groups in total. The molecule has 0 aliphatic carbocycles. The number of para-hydroxylation sites is 5. The molecular formula is C90H56N8O2. The lowest BCUT2D eigenvalue weighted by atomic mass is 10.0. The molecule has 0 aliphatic rings. The van der Waals surface area contributed by atoms with Crippen molar-refractivity contribution in [2.45, 2.75) is 0 Å². The van der Waals surface area contributed by atoms with Gasteiger partial charge < -0.3 is 18.0 Å². The second-order valence-electron chi connectivity index (χ2n) is 24.9. The Bertz CT molecular complexity index is 6420. The molecule has 0 radical (unpaired) electrons. The first-order chi connectivity index (χ1) is 49.5. The van der Waals surface area contributed by atoms with Crippen molar-refractivity contribution in [2.75, 3.05) is 0 Å². The van der Waals surface area contributed by atoms with Crippen LogP contribution in [0.1, 0.15) is 0 Å². The number of aromatic nitrogens is 8. The van der Waals surface area contributed by atoms with Crippen molar-refractivity contribution in [1.29, 1.82) is 0 Å². The first kappa shape index (κ1) is 57.7. The van der Waals surface area contributed by atoms with E-state index >= 15 is 0 Å². The monoisotopic (exact) mass is 1280 g/mol. The third kappa shape index (κ3) is 10.2. The maximum absolute atomic E-state index is 6.38. The Morgan fingerprint density at radius 3 is 1.02 bits per heavy atom. The van der Waals surface area contributed by atoms with E-state index in [4.69, 9.17) is 38.7 Å². The first-order valence-corrected chi connectivity index (χ1v) is 33.4. The second-order valence-corrected chi connectivity index (χ2v) is 24.9. The van der Waals surface area contributed by atoms with Crippen molar-refractivity contribution in [2.24, 2.45) is 0 Å². The highest BCUT2D eigenvalue weighted by molar-refractivity contribution is 6.19. The lowest BCUT2D eigenvalue weighted by Gasteiger charge is -2.15. The summed E-state index contributed by atoms with van der Waals surface area (Å²) in [5.41, 5.74) is 20.2. The average Bonchev–Trinajstić information content (AvgIpc) is 1.53. The van der Waals surface area contributed by atoms with Crippen LogP contribution in [0.3, 0.4) is 0 Å². The highest BCUT2D eigenvalue weighted by Crippen LogP contribution is 2.43. The maximum atomic E-state index is 6.38. The van der Waals surface area contributed by atoms with Crippen molar-refractivity contribution in [1.82, 2.24) is 39.0 Å². The third-order valence-electron chi connectivity index (χ3n) is 18.9. The van der Waals surface area contributed by atoms with Gasteiger partial charge >= 0.3 is 0 Å². The molecule has 10 nitrogen and oxygen atoms in total. The van der Waals surface area contributed by atoms with Crippen LogP contribution in [0.4, 0.5) is 0 Å². The summed E-state index contributed by atoms with van der Waals surface area (Å²) in [6.07, 6.45) is 0. The number of fused-ring (bicyclic) bond motifs is 12. The predicted octanol–water partition coefficient (Wildman–Crippen LogP) is 23.1. The van der Waals surface area contributed by atoms with Gasteiger partial charge in [0, 0.05) is 99.9 Å². The maximum Gasteiger partial charge on any atom is 0.164 e. The normalized spacial score (nSPS) is 11.6. The van der Waals surface area contributed by atoms with E-state index < -0.39 is 0 Å². The van der Waals surface area contributed by atoms with Crippen LogP contribution in [0.2, 0.25) is 0 Å². The SMILES string of the molecule is c1ccc(-c2nc(-c3ccccc3)nc(-c3cccc(-c4cccc(-n5c6ccccc6c6cc7c(cc65)oc5ccccc57)c4)c3)n2)cc1.c1ccc(-c2nc(-c3ccccc3)nc(-c3cccc(-c4ccccc4-n4c5ccccc5c5cc6c(cc54)oc4ccccc46)c3)n2)cc1. The number of nitrogens with zero attached hydrogens (tertiary/aromatic N) is 8.